The molecule has 0 atom stereocenters. The predicted octanol–water partition coefficient (Wildman–Crippen LogP) is 0.492. The third kappa shape index (κ3) is 1.32. The maximum atomic E-state index is 4.12. The van der Waals surface area contributed by atoms with Crippen LogP contribution in [0.25, 0.3) is 0 Å². The first-order valence-corrected chi connectivity index (χ1v) is 3.66. The van der Waals surface area contributed by atoms with E-state index in [-0.39, 0.29) is 0 Å². The fourth-order valence-corrected chi connectivity index (χ4v) is 1.05. The zero-order valence-electron chi connectivity index (χ0n) is 5.51. The molecule has 0 amide bonds. The van der Waals surface area contributed by atoms with Crippen molar-refractivity contribution in [3.05, 3.63) is 23.5 Å². The van der Waals surface area contributed by atoms with Crippen molar-refractivity contribution in [2.75, 3.05) is 0 Å². The number of aromatic nitrogens is 1. The number of pyridine rings is 1. The van der Waals surface area contributed by atoms with Crippen LogP contribution in [0.15, 0.2) is 12.3 Å². The van der Waals surface area contributed by atoms with Crippen LogP contribution in [0.5, 0.6) is 0 Å². The molecule has 1 aromatic heterocycles. The van der Waals surface area contributed by atoms with E-state index in [9.17, 15) is 0 Å². The molecule has 2 heteroatoms. The molecule has 1 nitrogen and oxygen atoms in total. The summed E-state index contributed by atoms with van der Waals surface area (Å²) in [6.07, 6.45) is 1.81. The maximum absolute atomic E-state index is 4.12. The Kier molecular flexibility index (Phi) is 1.89. The number of hydrogen-bond donors (Lipinski definition) is 0. The van der Waals surface area contributed by atoms with E-state index in [1.165, 1.54) is 10.0 Å². The molecule has 0 aliphatic carbocycles. The third-order valence-electron chi connectivity index (χ3n) is 1.41. The SMILES string of the molecule is Cc1nccc([Se])c1C. The van der Waals surface area contributed by atoms with Crippen molar-refractivity contribution in [3.63, 3.8) is 0 Å². The van der Waals surface area contributed by atoms with Gasteiger partial charge in [-0.15, -0.1) is 0 Å². The van der Waals surface area contributed by atoms with Crippen LogP contribution in [0.4, 0.5) is 0 Å². The van der Waals surface area contributed by atoms with Crippen molar-refractivity contribution < 1.29 is 0 Å². The third-order valence-corrected chi connectivity index (χ3v) is 2.33. The van der Waals surface area contributed by atoms with E-state index in [0.29, 0.717) is 0 Å². The van der Waals surface area contributed by atoms with Gasteiger partial charge >= 0.3 is 62.8 Å². The van der Waals surface area contributed by atoms with Crippen molar-refractivity contribution in [2.24, 2.45) is 0 Å². The molecule has 0 saturated heterocycles. The molecular weight excluding hydrogens is 177 g/mol. The number of rotatable bonds is 0. The summed E-state index contributed by atoms with van der Waals surface area (Å²) >= 11 is 2.97. The summed E-state index contributed by atoms with van der Waals surface area (Å²) < 4.78 is 1.20. The Morgan fingerprint density at radius 1 is 1.44 bits per heavy atom. The van der Waals surface area contributed by atoms with E-state index >= 15 is 0 Å². The summed E-state index contributed by atoms with van der Waals surface area (Å²) in [5, 5.41) is 0. The van der Waals surface area contributed by atoms with Gasteiger partial charge < -0.3 is 0 Å². The van der Waals surface area contributed by atoms with Gasteiger partial charge in [0, 0.05) is 0 Å². The molecule has 0 N–H and O–H groups in total. The monoisotopic (exact) mass is 186 g/mol. The fraction of sp³-hybridized carbons (Fsp3) is 0.286. The van der Waals surface area contributed by atoms with Crippen LogP contribution in [-0.4, -0.2) is 21.0 Å². The van der Waals surface area contributed by atoms with Gasteiger partial charge in [-0.05, 0) is 0 Å². The Morgan fingerprint density at radius 2 is 2.11 bits per heavy atom. The van der Waals surface area contributed by atoms with E-state index in [1.54, 1.807) is 0 Å². The van der Waals surface area contributed by atoms with Gasteiger partial charge in [0.05, 0.1) is 0 Å². The Bertz CT molecular complexity index is 200. The van der Waals surface area contributed by atoms with Crippen LogP contribution in [0, 0.1) is 13.8 Å². The van der Waals surface area contributed by atoms with E-state index in [4.69, 9.17) is 0 Å². The second kappa shape index (κ2) is 2.51. The number of aryl methyl sites for hydroxylation is 1. The minimum atomic E-state index is 1.10. The average molecular weight is 185 g/mol. The van der Waals surface area contributed by atoms with Crippen LogP contribution in [0.2, 0.25) is 0 Å². The summed E-state index contributed by atoms with van der Waals surface area (Å²) in [7, 11) is 0. The molecule has 47 valence electrons. The molecule has 0 aromatic carbocycles. The van der Waals surface area contributed by atoms with Crippen molar-refractivity contribution in [1.82, 2.24) is 4.98 Å². The molecule has 0 aliphatic heterocycles. The summed E-state index contributed by atoms with van der Waals surface area (Å²) in [6, 6.07) is 1.97. The molecular formula is C7H8NSe. The quantitative estimate of drug-likeness (QED) is 0.536. The van der Waals surface area contributed by atoms with Gasteiger partial charge in [0.15, 0.2) is 0 Å². The van der Waals surface area contributed by atoms with Gasteiger partial charge in [-0.25, -0.2) is 0 Å². The normalized spacial score (nSPS) is 9.56. The molecule has 0 fully saturated rings. The Labute approximate surface area is 63.3 Å². The number of hydrogen-bond acceptors (Lipinski definition) is 1. The van der Waals surface area contributed by atoms with Gasteiger partial charge in [-0.3, -0.25) is 0 Å². The van der Waals surface area contributed by atoms with E-state index in [0.717, 1.165) is 5.69 Å². The molecule has 0 unspecified atom stereocenters. The first-order chi connectivity index (χ1) is 4.22. The molecule has 0 spiro atoms. The number of nitrogens with zero attached hydrogens (tertiary/aromatic N) is 1. The van der Waals surface area contributed by atoms with Crippen LogP contribution < -0.4 is 4.46 Å². The van der Waals surface area contributed by atoms with Crippen molar-refractivity contribution in [1.29, 1.82) is 0 Å². The van der Waals surface area contributed by atoms with E-state index in [2.05, 4.69) is 27.9 Å². The minimum absolute atomic E-state index is 1.10. The standard InChI is InChI=1S/C7H8NSe/c1-5-6(2)8-4-3-7(5)9/h3-4H,1-2H3. The zero-order chi connectivity index (χ0) is 6.85. The first kappa shape index (κ1) is 6.78. The Hall–Kier alpha value is -0.331. The average Bonchev–Trinajstić information content (AvgIpc) is 1.83. The summed E-state index contributed by atoms with van der Waals surface area (Å²) in [5.41, 5.74) is 2.35. The van der Waals surface area contributed by atoms with Crippen LogP contribution in [0.1, 0.15) is 11.3 Å². The molecule has 1 radical (unpaired) electrons. The Balaban J connectivity index is 3.25. The molecule has 1 heterocycles. The van der Waals surface area contributed by atoms with Gasteiger partial charge in [0.25, 0.3) is 0 Å². The molecule has 0 aliphatic rings. The fourth-order valence-electron chi connectivity index (χ4n) is 0.617. The van der Waals surface area contributed by atoms with Crippen molar-refractivity contribution in [2.45, 2.75) is 13.8 Å². The van der Waals surface area contributed by atoms with Gasteiger partial charge in [-0.1, -0.05) is 0 Å². The van der Waals surface area contributed by atoms with Gasteiger partial charge in [0.1, 0.15) is 0 Å². The van der Waals surface area contributed by atoms with E-state index < -0.39 is 0 Å². The summed E-state index contributed by atoms with van der Waals surface area (Å²) in [5.74, 6) is 0. The van der Waals surface area contributed by atoms with Gasteiger partial charge in [-0.2, -0.15) is 0 Å². The second-order valence-corrected chi connectivity index (χ2v) is 2.94. The van der Waals surface area contributed by atoms with Crippen LogP contribution in [-0.2, 0) is 0 Å². The van der Waals surface area contributed by atoms with E-state index in [1.807, 2.05) is 19.2 Å². The molecule has 0 saturated carbocycles. The molecule has 1 aromatic rings. The van der Waals surface area contributed by atoms with Crippen molar-refractivity contribution >= 4 is 20.5 Å². The summed E-state index contributed by atoms with van der Waals surface area (Å²) in [4.78, 5) is 4.12. The molecule has 1 rings (SSSR count). The van der Waals surface area contributed by atoms with Crippen molar-refractivity contribution in [3.8, 4) is 0 Å². The predicted molar refractivity (Wildman–Crippen MR) is 39.1 cm³/mol. The van der Waals surface area contributed by atoms with Gasteiger partial charge in [0.2, 0.25) is 0 Å². The Morgan fingerprint density at radius 3 is 2.56 bits per heavy atom. The molecule has 9 heavy (non-hydrogen) atoms. The second-order valence-electron chi connectivity index (χ2n) is 2.02. The first-order valence-electron chi connectivity index (χ1n) is 2.81. The van der Waals surface area contributed by atoms with Crippen LogP contribution >= 0.6 is 0 Å². The topological polar surface area (TPSA) is 12.9 Å². The molecule has 0 bridgehead atoms. The van der Waals surface area contributed by atoms with Crippen LogP contribution in [0.3, 0.4) is 0 Å². The zero-order valence-corrected chi connectivity index (χ0v) is 7.22. The summed E-state index contributed by atoms with van der Waals surface area (Å²) in [6.45, 7) is 4.07.